The van der Waals surface area contributed by atoms with Gasteiger partial charge in [0.25, 0.3) is 0 Å². The van der Waals surface area contributed by atoms with Crippen molar-refractivity contribution in [3.05, 3.63) is 75.2 Å². The first-order valence-electron chi connectivity index (χ1n) is 10.0. The van der Waals surface area contributed by atoms with Crippen molar-refractivity contribution in [3.63, 3.8) is 0 Å². The molecule has 3 heterocycles. The Hall–Kier alpha value is -3.55. The molecule has 0 radical (unpaired) electrons. The SMILES string of the molecule is COc1cc(F)cc(C2CCc3nc(-c4[nH]c5ccc(F)cc5c(=O)c4C)nn3C2)c1. The average molecular weight is 422 g/mol. The van der Waals surface area contributed by atoms with Crippen molar-refractivity contribution in [1.82, 2.24) is 19.7 Å². The fourth-order valence-electron chi connectivity index (χ4n) is 4.21. The summed E-state index contributed by atoms with van der Waals surface area (Å²) in [5.74, 6) is 1.01. The van der Waals surface area contributed by atoms with Gasteiger partial charge in [0.15, 0.2) is 11.3 Å². The fraction of sp³-hybridized carbons (Fsp3) is 0.261. The minimum atomic E-state index is -0.458. The second-order valence-electron chi connectivity index (χ2n) is 7.84. The number of nitrogens with one attached hydrogen (secondary N) is 1. The summed E-state index contributed by atoms with van der Waals surface area (Å²) in [7, 11) is 1.52. The van der Waals surface area contributed by atoms with Crippen LogP contribution in [0.1, 0.15) is 29.3 Å². The first kappa shape index (κ1) is 19.4. The lowest BCUT2D eigenvalue weighted by atomic mass is 9.91. The number of hydrogen-bond acceptors (Lipinski definition) is 4. The van der Waals surface area contributed by atoms with Gasteiger partial charge in [-0.3, -0.25) is 4.79 Å². The maximum atomic E-state index is 14.0. The van der Waals surface area contributed by atoms with Crippen LogP contribution >= 0.6 is 0 Å². The van der Waals surface area contributed by atoms with Gasteiger partial charge in [-0.25, -0.2) is 18.4 Å². The van der Waals surface area contributed by atoms with E-state index in [-0.39, 0.29) is 17.2 Å². The first-order valence-corrected chi connectivity index (χ1v) is 10.0. The number of benzene rings is 2. The Bertz CT molecular complexity index is 1380. The van der Waals surface area contributed by atoms with Crippen molar-refractivity contribution < 1.29 is 13.5 Å². The lowest BCUT2D eigenvalue weighted by molar-refractivity contribution is 0.401. The molecule has 1 unspecified atom stereocenters. The maximum Gasteiger partial charge on any atom is 0.198 e. The van der Waals surface area contributed by atoms with Crippen LogP contribution in [0.15, 0.2) is 41.2 Å². The van der Waals surface area contributed by atoms with E-state index >= 15 is 0 Å². The monoisotopic (exact) mass is 422 g/mol. The highest BCUT2D eigenvalue weighted by molar-refractivity contribution is 5.82. The van der Waals surface area contributed by atoms with Crippen LogP contribution in [0.3, 0.4) is 0 Å². The number of aromatic nitrogens is 4. The van der Waals surface area contributed by atoms with Gasteiger partial charge in [-0.05, 0) is 49.2 Å². The van der Waals surface area contributed by atoms with E-state index in [4.69, 9.17) is 4.74 Å². The van der Waals surface area contributed by atoms with Crippen molar-refractivity contribution in [3.8, 4) is 17.3 Å². The molecule has 0 spiro atoms. The Balaban J connectivity index is 1.52. The van der Waals surface area contributed by atoms with Gasteiger partial charge in [0.05, 0.1) is 18.3 Å². The van der Waals surface area contributed by atoms with Gasteiger partial charge in [-0.15, -0.1) is 5.10 Å². The fourth-order valence-corrected chi connectivity index (χ4v) is 4.21. The third-order valence-electron chi connectivity index (χ3n) is 5.88. The molecule has 0 saturated heterocycles. The molecule has 2 aromatic heterocycles. The number of methoxy groups -OCH3 is 1. The van der Waals surface area contributed by atoms with Crippen LogP contribution in [-0.2, 0) is 13.0 Å². The predicted molar refractivity (Wildman–Crippen MR) is 112 cm³/mol. The zero-order valence-corrected chi connectivity index (χ0v) is 17.1. The summed E-state index contributed by atoms with van der Waals surface area (Å²) in [6.45, 7) is 2.23. The largest absolute Gasteiger partial charge is 0.497 e. The Morgan fingerprint density at radius 2 is 2.00 bits per heavy atom. The summed E-state index contributed by atoms with van der Waals surface area (Å²) in [4.78, 5) is 20.6. The Morgan fingerprint density at radius 3 is 2.81 bits per heavy atom. The Morgan fingerprint density at radius 1 is 1.16 bits per heavy atom. The summed E-state index contributed by atoms with van der Waals surface area (Å²) in [6, 6.07) is 8.81. The van der Waals surface area contributed by atoms with Gasteiger partial charge < -0.3 is 9.72 Å². The number of fused-ring (bicyclic) bond motifs is 2. The van der Waals surface area contributed by atoms with E-state index in [0.717, 1.165) is 17.8 Å². The van der Waals surface area contributed by atoms with E-state index in [1.807, 2.05) is 10.7 Å². The first-order chi connectivity index (χ1) is 14.9. The van der Waals surface area contributed by atoms with Crippen LogP contribution in [0.2, 0.25) is 0 Å². The second-order valence-corrected chi connectivity index (χ2v) is 7.84. The lowest BCUT2D eigenvalue weighted by Crippen LogP contribution is -2.20. The molecule has 0 amide bonds. The molecular weight excluding hydrogens is 402 g/mol. The van der Waals surface area contributed by atoms with E-state index in [9.17, 15) is 13.6 Å². The highest BCUT2D eigenvalue weighted by Crippen LogP contribution is 2.32. The number of rotatable bonds is 3. The highest BCUT2D eigenvalue weighted by atomic mass is 19.1. The molecule has 0 aliphatic carbocycles. The standard InChI is InChI=1S/C23H20F2N4O2/c1-12-21(26-19-5-4-15(24)10-18(19)22(12)30)23-27-20-6-3-13(11-29(20)28-23)14-7-16(25)9-17(8-14)31-2/h4-5,7-10,13H,3,6,11H2,1-2H3,(H,26,30). The van der Waals surface area contributed by atoms with Gasteiger partial charge in [0.1, 0.15) is 23.2 Å². The van der Waals surface area contributed by atoms with Crippen LogP contribution in [0.4, 0.5) is 8.78 Å². The van der Waals surface area contributed by atoms with Crippen LogP contribution < -0.4 is 10.2 Å². The summed E-state index contributed by atoms with van der Waals surface area (Å²) in [6.07, 6.45) is 1.48. The zero-order valence-electron chi connectivity index (χ0n) is 17.1. The Labute approximate surface area is 176 Å². The molecule has 1 atom stereocenters. The predicted octanol–water partition coefficient (Wildman–Crippen LogP) is 4.11. The van der Waals surface area contributed by atoms with Gasteiger partial charge in [0.2, 0.25) is 0 Å². The third-order valence-corrected chi connectivity index (χ3v) is 5.88. The molecule has 0 bridgehead atoms. The van der Waals surface area contributed by atoms with Gasteiger partial charge >= 0.3 is 0 Å². The number of nitrogens with zero attached hydrogens (tertiary/aromatic N) is 3. The van der Waals surface area contributed by atoms with E-state index in [1.165, 1.54) is 31.4 Å². The number of ether oxygens (including phenoxy) is 1. The molecule has 1 aliphatic rings. The van der Waals surface area contributed by atoms with Gasteiger partial charge in [-0.1, -0.05) is 0 Å². The minimum absolute atomic E-state index is 0.0753. The molecule has 0 fully saturated rings. The number of aromatic amines is 1. The molecule has 8 heteroatoms. The summed E-state index contributed by atoms with van der Waals surface area (Å²) >= 11 is 0. The van der Waals surface area contributed by atoms with Gasteiger partial charge in [-0.2, -0.15) is 0 Å². The highest BCUT2D eigenvalue weighted by Gasteiger charge is 2.25. The molecular formula is C23H20F2N4O2. The number of halogens is 2. The van der Waals surface area contributed by atoms with E-state index in [1.54, 1.807) is 13.0 Å². The average Bonchev–Trinajstić information content (AvgIpc) is 3.19. The molecule has 6 nitrogen and oxygen atoms in total. The number of pyridine rings is 1. The molecule has 31 heavy (non-hydrogen) atoms. The van der Waals surface area contributed by atoms with Crippen molar-refractivity contribution in [2.45, 2.75) is 32.2 Å². The molecule has 4 aromatic rings. The topological polar surface area (TPSA) is 72.8 Å². The number of H-pyrrole nitrogens is 1. The van der Waals surface area contributed by atoms with E-state index < -0.39 is 5.82 Å². The minimum Gasteiger partial charge on any atom is -0.497 e. The summed E-state index contributed by atoms with van der Waals surface area (Å²) in [5.41, 5.74) is 2.10. The zero-order chi connectivity index (χ0) is 21.7. The van der Waals surface area contributed by atoms with Gasteiger partial charge in [0, 0.05) is 35.9 Å². The van der Waals surface area contributed by atoms with Crippen molar-refractivity contribution in [2.75, 3.05) is 7.11 Å². The molecule has 0 saturated carbocycles. The molecule has 2 aromatic carbocycles. The molecule has 1 aliphatic heterocycles. The van der Waals surface area contributed by atoms with Crippen LogP contribution in [0.5, 0.6) is 5.75 Å². The van der Waals surface area contributed by atoms with E-state index in [0.29, 0.717) is 46.7 Å². The summed E-state index contributed by atoms with van der Waals surface area (Å²) < 4.78 is 34.5. The van der Waals surface area contributed by atoms with Crippen LogP contribution in [0.25, 0.3) is 22.4 Å². The van der Waals surface area contributed by atoms with Crippen LogP contribution in [0, 0.1) is 18.6 Å². The smallest absolute Gasteiger partial charge is 0.198 e. The summed E-state index contributed by atoms with van der Waals surface area (Å²) in [5, 5.41) is 4.92. The number of hydrogen-bond donors (Lipinski definition) is 1. The maximum absolute atomic E-state index is 14.0. The Kier molecular flexibility index (Phi) is 4.57. The van der Waals surface area contributed by atoms with E-state index in [2.05, 4.69) is 15.1 Å². The lowest BCUT2D eigenvalue weighted by Gasteiger charge is -2.23. The third kappa shape index (κ3) is 3.37. The molecule has 158 valence electrons. The van der Waals surface area contributed by atoms with Crippen molar-refractivity contribution in [1.29, 1.82) is 0 Å². The van der Waals surface area contributed by atoms with Crippen molar-refractivity contribution >= 4 is 10.9 Å². The van der Waals surface area contributed by atoms with Crippen molar-refractivity contribution in [2.24, 2.45) is 0 Å². The second kappa shape index (κ2) is 7.30. The molecule has 5 rings (SSSR count). The van der Waals surface area contributed by atoms with Crippen LogP contribution in [-0.4, -0.2) is 26.9 Å². The quantitative estimate of drug-likeness (QED) is 0.539. The number of aryl methyl sites for hydroxylation is 1. The molecule has 1 N–H and O–H groups in total. The normalized spacial score (nSPS) is 15.8.